The topological polar surface area (TPSA) is 94.4 Å². The maximum Gasteiger partial charge on any atom is 0.256 e. The van der Waals surface area contributed by atoms with Crippen LogP contribution in [0.4, 0.5) is 0 Å². The number of H-pyrrole nitrogens is 1. The van der Waals surface area contributed by atoms with E-state index in [0.29, 0.717) is 30.9 Å². The molecule has 3 heterocycles. The summed E-state index contributed by atoms with van der Waals surface area (Å²) in [6.07, 6.45) is -0.990. The number of hydrogen-bond donors (Lipinski definition) is 3. The third-order valence-electron chi connectivity index (χ3n) is 5.19. The molecule has 26 heavy (non-hydrogen) atoms. The number of aryl methyl sites for hydroxylation is 2. The molecule has 7 heteroatoms. The Kier molecular flexibility index (Phi) is 4.05. The van der Waals surface area contributed by atoms with Gasteiger partial charge in [0, 0.05) is 17.6 Å². The first-order valence-electron chi connectivity index (χ1n) is 8.72. The average molecular weight is 354 g/mol. The fraction of sp³-hybridized carbons (Fsp3) is 0.368. The second-order valence-corrected chi connectivity index (χ2v) is 6.81. The van der Waals surface area contributed by atoms with E-state index >= 15 is 0 Å². The van der Waals surface area contributed by atoms with Crippen molar-refractivity contribution in [2.45, 2.75) is 33.0 Å². The Morgan fingerprint density at radius 1 is 1.35 bits per heavy atom. The second-order valence-electron chi connectivity index (χ2n) is 6.81. The zero-order chi connectivity index (χ0) is 18.4. The van der Waals surface area contributed by atoms with Crippen molar-refractivity contribution < 1.29 is 15.0 Å². The van der Waals surface area contributed by atoms with Gasteiger partial charge in [-0.05, 0) is 31.5 Å². The number of fused-ring (bicyclic) bond motifs is 2. The molecule has 0 fully saturated rings. The second kappa shape index (κ2) is 6.26. The predicted octanol–water partition coefficient (Wildman–Crippen LogP) is 1.66. The van der Waals surface area contributed by atoms with Gasteiger partial charge in [0.25, 0.3) is 5.91 Å². The average Bonchev–Trinajstić information content (AvgIpc) is 3.21. The van der Waals surface area contributed by atoms with Crippen molar-refractivity contribution in [1.82, 2.24) is 19.7 Å². The monoisotopic (exact) mass is 354 g/mol. The van der Waals surface area contributed by atoms with Gasteiger partial charge in [-0.1, -0.05) is 12.1 Å². The van der Waals surface area contributed by atoms with Crippen LogP contribution in [-0.4, -0.2) is 48.9 Å². The molecular formula is C19H22N4O3. The van der Waals surface area contributed by atoms with Crippen molar-refractivity contribution in [1.29, 1.82) is 0 Å². The Balaban J connectivity index is 1.64. The van der Waals surface area contributed by atoms with Crippen molar-refractivity contribution in [2.24, 2.45) is 0 Å². The number of benzene rings is 1. The van der Waals surface area contributed by atoms with Crippen LogP contribution in [0.3, 0.4) is 0 Å². The van der Waals surface area contributed by atoms with Gasteiger partial charge in [0.2, 0.25) is 0 Å². The molecule has 4 rings (SSSR count). The maximum absolute atomic E-state index is 13.1. The molecule has 1 aliphatic rings. The van der Waals surface area contributed by atoms with E-state index in [0.717, 1.165) is 27.9 Å². The molecule has 0 spiro atoms. The first-order chi connectivity index (χ1) is 12.5. The van der Waals surface area contributed by atoms with E-state index < -0.39 is 6.10 Å². The lowest BCUT2D eigenvalue weighted by atomic mass is 10.1. The highest BCUT2D eigenvalue weighted by molar-refractivity contribution is 6.06. The van der Waals surface area contributed by atoms with Crippen LogP contribution in [0.2, 0.25) is 0 Å². The molecule has 1 aliphatic heterocycles. The van der Waals surface area contributed by atoms with Crippen LogP contribution in [0.25, 0.3) is 10.9 Å². The molecule has 0 bridgehead atoms. The summed E-state index contributed by atoms with van der Waals surface area (Å²) in [6.45, 7) is 5.24. The summed E-state index contributed by atoms with van der Waals surface area (Å²) < 4.78 is 1.79. The van der Waals surface area contributed by atoms with Crippen LogP contribution in [0.15, 0.2) is 24.3 Å². The van der Waals surface area contributed by atoms with E-state index in [4.69, 9.17) is 5.11 Å². The van der Waals surface area contributed by atoms with Gasteiger partial charge in [0.1, 0.15) is 6.10 Å². The van der Waals surface area contributed by atoms with Crippen LogP contribution in [0.5, 0.6) is 0 Å². The van der Waals surface area contributed by atoms with Crippen LogP contribution in [-0.2, 0) is 13.1 Å². The Bertz CT molecular complexity index is 988. The van der Waals surface area contributed by atoms with E-state index in [-0.39, 0.29) is 12.5 Å². The van der Waals surface area contributed by atoms with Gasteiger partial charge >= 0.3 is 0 Å². The molecule has 0 saturated heterocycles. The number of aromatic amines is 1. The Hall–Kier alpha value is -2.64. The largest absolute Gasteiger partial charge is 0.393 e. The van der Waals surface area contributed by atoms with E-state index in [9.17, 15) is 9.90 Å². The number of rotatable bonds is 3. The summed E-state index contributed by atoms with van der Waals surface area (Å²) in [5.74, 6) is -0.0199. The lowest BCUT2D eigenvalue weighted by Crippen LogP contribution is -2.38. The molecule has 3 aromatic rings. The van der Waals surface area contributed by atoms with Gasteiger partial charge in [-0.2, -0.15) is 5.10 Å². The third kappa shape index (κ3) is 2.60. The van der Waals surface area contributed by atoms with E-state index in [1.54, 1.807) is 15.6 Å². The molecular weight excluding hydrogens is 332 g/mol. The molecule has 1 aromatic carbocycles. The van der Waals surface area contributed by atoms with Gasteiger partial charge < -0.3 is 20.1 Å². The number of carbonyl (C=O) groups excluding carboxylic acids is 1. The van der Waals surface area contributed by atoms with Crippen molar-refractivity contribution in [3.63, 3.8) is 0 Å². The van der Waals surface area contributed by atoms with Crippen LogP contribution >= 0.6 is 0 Å². The van der Waals surface area contributed by atoms with Crippen molar-refractivity contribution in [3.8, 4) is 0 Å². The number of hydrogen-bond acceptors (Lipinski definition) is 4. The SMILES string of the molecule is Cc1[nH]c2c(C(=O)N3CCn4nc(C(O)CO)cc4C3)cccc2c1C. The summed E-state index contributed by atoms with van der Waals surface area (Å²) in [7, 11) is 0. The quantitative estimate of drug-likeness (QED) is 0.667. The summed E-state index contributed by atoms with van der Waals surface area (Å²) >= 11 is 0. The minimum atomic E-state index is -0.990. The summed E-state index contributed by atoms with van der Waals surface area (Å²) in [6, 6.07) is 7.55. The van der Waals surface area contributed by atoms with Gasteiger partial charge in [-0.25, -0.2) is 0 Å². The molecule has 0 radical (unpaired) electrons. The number of aliphatic hydroxyl groups excluding tert-OH is 2. The molecule has 1 amide bonds. The summed E-state index contributed by atoms with van der Waals surface area (Å²) in [5, 5.41) is 24.3. The molecule has 7 nitrogen and oxygen atoms in total. The molecule has 136 valence electrons. The van der Waals surface area contributed by atoms with Crippen LogP contribution in [0, 0.1) is 13.8 Å². The highest BCUT2D eigenvalue weighted by Crippen LogP contribution is 2.26. The predicted molar refractivity (Wildman–Crippen MR) is 96.8 cm³/mol. The number of nitrogens with one attached hydrogen (secondary N) is 1. The standard InChI is InChI=1S/C19H22N4O3/c1-11-12(2)20-18-14(11)4-3-5-15(18)19(26)22-6-7-23-13(9-22)8-16(21-23)17(25)10-24/h3-5,8,17,20,24-25H,6-7,9-10H2,1-2H3. The van der Waals surface area contributed by atoms with E-state index in [2.05, 4.69) is 17.0 Å². The number of para-hydroxylation sites is 1. The first-order valence-corrected chi connectivity index (χ1v) is 8.72. The number of aliphatic hydroxyl groups is 2. The fourth-order valence-electron chi connectivity index (χ4n) is 3.55. The van der Waals surface area contributed by atoms with Gasteiger partial charge in [-0.3, -0.25) is 9.48 Å². The number of nitrogens with zero attached hydrogens (tertiary/aromatic N) is 3. The molecule has 0 aliphatic carbocycles. The molecule has 1 atom stereocenters. The summed E-state index contributed by atoms with van der Waals surface area (Å²) in [5.41, 5.74) is 5.08. The molecule has 0 saturated carbocycles. The van der Waals surface area contributed by atoms with Gasteiger partial charge in [0.15, 0.2) is 0 Å². The zero-order valence-corrected chi connectivity index (χ0v) is 14.9. The zero-order valence-electron chi connectivity index (χ0n) is 14.9. The smallest absolute Gasteiger partial charge is 0.256 e. The highest BCUT2D eigenvalue weighted by atomic mass is 16.3. The fourth-order valence-corrected chi connectivity index (χ4v) is 3.55. The van der Waals surface area contributed by atoms with Crippen LogP contribution < -0.4 is 0 Å². The van der Waals surface area contributed by atoms with E-state index in [1.807, 2.05) is 25.1 Å². The number of aromatic nitrogens is 3. The van der Waals surface area contributed by atoms with Crippen LogP contribution in [0.1, 0.15) is 39.1 Å². The van der Waals surface area contributed by atoms with Gasteiger partial charge in [-0.15, -0.1) is 0 Å². The Labute approximate surface area is 150 Å². The number of carbonyl (C=O) groups is 1. The van der Waals surface area contributed by atoms with E-state index in [1.165, 1.54) is 0 Å². The third-order valence-corrected chi connectivity index (χ3v) is 5.19. The lowest BCUT2D eigenvalue weighted by molar-refractivity contribution is 0.0706. The molecule has 2 aromatic heterocycles. The first kappa shape index (κ1) is 16.8. The molecule has 3 N–H and O–H groups in total. The number of amides is 1. The normalized spacial score (nSPS) is 15.3. The van der Waals surface area contributed by atoms with Crippen molar-refractivity contribution >= 4 is 16.8 Å². The Morgan fingerprint density at radius 3 is 2.92 bits per heavy atom. The van der Waals surface area contributed by atoms with Crippen molar-refractivity contribution in [3.05, 3.63) is 52.5 Å². The lowest BCUT2D eigenvalue weighted by Gasteiger charge is -2.28. The highest BCUT2D eigenvalue weighted by Gasteiger charge is 2.26. The minimum Gasteiger partial charge on any atom is -0.393 e. The van der Waals surface area contributed by atoms with Crippen molar-refractivity contribution in [2.75, 3.05) is 13.2 Å². The van der Waals surface area contributed by atoms with Gasteiger partial charge in [0.05, 0.1) is 42.2 Å². The Morgan fingerprint density at radius 2 is 2.15 bits per heavy atom. The molecule has 1 unspecified atom stereocenters. The summed E-state index contributed by atoms with van der Waals surface area (Å²) in [4.78, 5) is 18.3. The minimum absolute atomic E-state index is 0.0199. The maximum atomic E-state index is 13.1.